The smallest absolute Gasteiger partial charge is 0.229 e. The van der Waals surface area contributed by atoms with Gasteiger partial charge in [-0.25, -0.2) is 4.98 Å². The van der Waals surface area contributed by atoms with Gasteiger partial charge in [-0.2, -0.15) is 0 Å². The Bertz CT molecular complexity index is 1110. The monoisotopic (exact) mass is 355 g/mol. The predicted molar refractivity (Wildman–Crippen MR) is 109 cm³/mol. The number of imidazole rings is 1. The van der Waals surface area contributed by atoms with Crippen molar-refractivity contribution in [3.63, 3.8) is 0 Å². The zero-order chi connectivity index (χ0) is 18.8. The number of benzene rings is 2. The van der Waals surface area contributed by atoms with Gasteiger partial charge in [0, 0.05) is 11.8 Å². The number of pyridine rings is 1. The van der Waals surface area contributed by atoms with Crippen LogP contribution in [0.2, 0.25) is 0 Å². The van der Waals surface area contributed by atoms with Gasteiger partial charge in [-0.3, -0.25) is 9.20 Å². The molecular formula is C23H21N3O. The lowest BCUT2D eigenvalue weighted by atomic mass is 10.1. The maximum Gasteiger partial charge on any atom is 0.229 e. The molecule has 4 aromatic rings. The van der Waals surface area contributed by atoms with E-state index in [-0.39, 0.29) is 5.91 Å². The Hall–Kier alpha value is -3.40. The Kier molecular flexibility index (Phi) is 4.47. The molecule has 0 atom stereocenters. The molecule has 0 aliphatic carbocycles. The lowest BCUT2D eigenvalue weighted by Crippen LogP contribution is -2.16. The number of rotatable bonds is 4. The molecule has 0 aliphatic rings. The van der Waals surface area contributed by atoms with Crippen molar-refractivity contribution >= 4 is 17.4 Å². The van der Waals surface area contributed by atoms with Crippen molar-refractivity contribution < 1.29 is 4.79 Å². The molecule has 0 unspecified atom stereocenters. The van der Waals surface area contributed by atoms with Gasteiger partial charge in [0.2, 0.25) is 5.91 Å². The Morgan fingerprint density at radius 1 is 1.00 bits per heavy atom. The highest BCUT2D eigenvalue weighted by Gasteiger charge is 2.18. The summed E-state index contributed by atoms with van der Waals surface area (Å²) in [6.07, 6.45) is 2.28. The van der Waals surface area contributed by atoms with E-state index in [9.17, 15) is 4.79 Å². The van der Waals surface area contributed by atoms with Gasteiger partial charge in [-0.05, 0) is 42.7 Å². The summed E-state index contributed by atoms with van der Waals surface area (Å²) in [7, 11) is 0. The van der Waals surface area contributed by atoms with Gasteiger partial charge in [0.15, 0.2) is 0 Å². The van der Waals surface area contributed by atoms with Crippen LogP contribution in [0.15, 0.2) is 72.9 Å². The number of hydrogen-bond donors (Lipinski definition) is 1. The topological polar surface area (TPSA) is 46.4 Å². The third kappa shape index (κ3) is 3.47. The average molecular weight is 355 g/mol. The number of hydrogen-bond acceptors (Lipinski definition) is 2. The first-order valence-electron chi connectivity index (χ1n) is 9.00. The average Bonchev–Trinajstić information content (AvgIpc) is 3.00. The predicted octanol–water partition coefficient (Wildman–Crippen LogP) is 4.80. The van der Waals surface area contributed by atoms with Crippen LogP contribution < -0.4 is 5.32 Å². The molecule has 1 N–H and O–H groups in total. The largest absolute Gasteiger partial charge is 0.310 e. The molecule has 27 heavy (non-hydrogen) atoms. The van der Waals surface area contributed by atoms with E-state index in [0.29, 0.717) is 12.2 Å². The van der Waals surface area contributed by atoms with E-state index >= 15 is 0 Å². The van der Waals surface area contributed by atoms with Gasteiger partial charge in [0.05, 0.1) is 6.42 Å². The summed E-state index contributed by atoms with van der Waals surface area (Å²) in [6.45, 7) is 4.09. The molecule has 134 valence electrons. The molecule has 0 bridgehead atoms. The van der Waals surface area contributed by atoms with Crippen molar-refractivity contribution in [1.29, 1.82) is 0 Å². The minimum Gasteiger partial charge on any atom is -0.310 e. The second-order valence-corrected chi connectivity index (χ2v) is 6.77. The van der Waals surface area contributed by atoms with E-state index in [1.54, 1.807) is 0 Å². The molecule has 4 heteroatoms. The zero-order valence-corrected chi connectivity index (χ0v) is 15.4. The highest BCUT2D eigenvalue weighted by atomic mass is 16.1. The standard InChI is InChI=1S/C23H21N3O/c1-16-12-13-26-20(14-16)24-22(19-11-7-6-8-17(19)2)23(26)25-21(27)15-18-9-4-3-5-10-18/h3-14H,15H2,1-2H3,(H,25,27). The third-order valence-electron chi connectivity index (χ3n) is 4.65. The van der Waals surface area contributed by atoms with Crippen molar-refractivity contribution in [1.82, 2.24) is 9.38 Å². The Balaban J connectivity index is 1.77. The minimum absolute atomic E-state index is 0.0570. The summed E-state index contributed by atoms with van der Waals surface area (Å²) in [4.78, 5) is 17.5. The van der Waals surface area contributed by atoms with Crippen LogP contribution in [0.25, 0.3) is 16.9 Å². The first-order valence-corrected chi connectivity index (χ1v) is 9.00. The molecule has 0 aliphatic heterocycles. The Morgan fingerprint density at radius 3 is 2.52 bits per heavy atom. The van der Waals surface area contributed by atoms with E-state index in [2.05, 4.69) is 18.3 Å². The summed E-state index contributed by atoms with van der Waals surface area (Å²) >= 11 is 0. The molecule has 0 spiro atoms. The number of fused-ring (bicyclic) bond motifs is 1. The van der Waals surface area contributed by atoms with Gasteiger partial charge in [-0.15, -0.1) is 0 Å². The van der Waals surface area contributed by atoms with Crippen LogP contribution in [0.3, 0.4) is 0 Å². The lowest BCUT2D eigenvalue weighted by molar-refractivity contribution is -0.115. The first kappa shape index (κ1) is 17.0. The Labute approximate surface area is 158 Å². The van der Waals surface area contributed by atoms with Crippen molar-refractivity contribution in [2.75, 3.05) is 5.32 Å². The SMILES string of the molecule is Cc1ccn2c(NC(=O)Cc3ccccc3)c(-c3ccccc3C)nc2c1. The minimum atomic E-state index is -0.0570. The van der Waals surface area contributed by atoms with E-state index in [1.165, 1.54) is 0 Å². The summed E-state index contributed by atoms with van der Waals surface area (Å²) in [5.74, 6) is 0.652. The van der Waals surface area contributed by atoms with E-state index in [0.717, 1.165) is 33.6 Å². The first-order chi connectivity index (χ1) is 13.1. The molecule has 0 radical (unpaired) electrons. The Morgan fingerprint density at radius 2 is 1.74 bits per heavy atom. The van der Waals surface area contributed by atoms with Crippen molar-refractivity contribution in [2.24, 2.45) is 0 Å². The molecular weight excluding hydrogens is 334 g/mol. The molecule has 1 amide bonds. The van der Waals surface area contributed by atoms with Crippen LogP contribution in [-0.4, -0.2) is 15.3 Å². The van der Waals surface area contributed by atoms with Crippen LogP contribution in [0.1, 0.15) is 16.7 Å². The lowest BCUT2D eigenvalue weighted by Gasteiger charge is -2.09. The third-order valence-corrected chi connectivity index (χ3v) is 4.65. The highest BCUT2D eigenvalue weighted by molar-refractivity contribution is 5.96. The number of nitrogens with zero attached hydrogens (tertiary/aromatic N) is 2. The summed E-state index contributed by atoms with van der Waals surface area (Å²) < 4.78 is 1.94. The summed E-state index contributed by atoms with van der Waals surface area (Å²) in [6, 6.07) is 21.9. The van der Waals surface area contributed by atoms with Gasteiger partial charge < -0.3 is 5.32 Å². The molecule has 4 rings (SSSR count). The number of nitrogens with one attached hydrogen (secondary N) is 1. The second-order valence-electron chi connectivity index (χ2n) is 6.77. The number of carbonyl (C=O) groups is 1. The number of aromatic nitrogens is 2. The van der Waals surface area contributed by atoms with Crippen LogP contribution in [0, 0.1) is 13.8 Å². The van der Waals surface area contributed by atoms with Crippen molar-refractivity contribution in [3.05, 3.63) is 89.6 Å². The molecule has 2 aromatic carbocycles. The summed E-state index contributed by atoms with van der Waals surface area (Å²) in [5.41, 5.74) is 5.87. The number of carbonyl (C=O) groups excluding carboxylic acids is 1. The normalized spacial score (nSPS) is 10.9. The van der Waals surface area contributed by atoms with E-state index in [1.807, 2.05) is 78.2 Å². The fourth-order valence-corrected chi connectivity index (χ4v) is 3.25. The number of aryl methyl sites for hydroxylation is 2. The fourth-order valence-electron chi connectivity index (χ4n) is 3.25. The van der Waals surface area contributed by atoms with E-state index in [4.69, 9.17) is 4.98 Å². The van der Waals surface area contributed by atoms with Crippen LogP contribution in [0.5, 0.6) is 0 Å². The van der Waals surface area contributed by atoms with Crippen LogP contribution in [0.4, 0.5) is 5.82 Å². The molecule has 0 saturated carbocycles. The van der Waals surface area contributed by atoms with E-state index < -0.39 is 0 Å². The number of anilines is 1. The maximum atomic E-state index is 12.7. The quantitative estimate of drug-likeness (QED) is 0.571. The van der Waals surface area contributed by atoms with Crippen LogP contribution >= 0.6 is 0 Å². The van der Waals surface area contributed by atoms with Gasteiger partial charge in [0.1, 0.15) is 17.2 Å². The van der Waals surface area contributed by atoms with Gasteiger partial charge >= 0.3 is 0 Å². The maximum absolute atomic E-state index is 12.7. The fraction of sp³-hybridized carbons (Fsp3) is 0.130. The van der Waals surface area contributed by atoms with Gasteiger partial charge in [-0.1, -0.05) is 54.6 Å². The molecule has 2 aromatic heterocycles. The molecule has 0 saturated heterocycles. The van der Waals surface area contributed by atoms with Crippen molar-refractivity contribution in [3.8, 4) is 11.3 Å². The van der Waals surface area contributed by atoms with Crippen molar-refractivity contribution in [2.45, 2.75) is 20.3 Å². The number of amides is 1. The van der Waals surface area contributed by atoms with Gasteiger partial charge in [0.25, 0.3) is 0 Å². The molecule has 0 fully saturated rings. The molecule has 4 nitrogen and oxygen atoms in total. The highest BCUT2D eigenvalue weighted by Crippen LogP contribution is 2.31. The summed E-state index contributed by atoms with van der Waals surface area (Å²) in [5, 5.41) is 3.09. The van der Waals surface area contributed by atoms with Crippen LogP contribution in [-0.2, 0) is 11.2 Å². The molecule has 2 heterocycles. The second kappa shape index (κ2) is 7.08. The zero-order valence-electron chi connectivity index (χ0n) is 15.4.